The van der Waals surface area contributed by atoms with E-state index in [-0.39, 0.29) is 0 Å². The van der Waals surface area contributed by atoms with Crippen LogP contribution in [0, 0.1) is 0 Å². The Bertz CT molecular complexity index is 604. The first-order valence-electron chi connectivity index (χ1n) is 6.61. The summed E-state index contributed by atoms with van der Waals surface area (Å²) in [5.74, 6) is 1.99. The maximum Gasteiger partial charge on any atom is 0.161 e. The smallest absolute Gasteiger partial charge is 0.161 e. The Balaban J connectivity index is 1.98. The number of halogens is 1. The molecule has 19 heavy (non-hydrogen) atoms. The second kappa shape index (κ2) is 4.93. The number of hydrogen-bond donors (Lipinski definition) is 1. The number of aromatic nitrogens is 2. The first-order chi connectivity index (χ1) is 9.19. The van der Waals surface area contributed by atoms with Crippen LogP contribution in [0.25, 0.3) is 11.4 Å². The first kappa shape index (κ1) is 12.6. The van der Waals surface area contributed by atoms with Crippen molar-refractivity contribution in [2.24, 2.45) is 0 Å². The molecule has 1 aliphatic carbocycles. The molecular weight excluding hydrogens is 302 g/mol. The predicted molar refractivity (Wildman–Crippen MR) is 80.9 cm³/mol. The van der Waals surface area contributed by atoms with Crippen molar-refractivity contribution in [1.29, 1.82) is 0 Å². The third kappa shape index (κ3) is 2.50. The predicted octanol–water partition coefficient (Wildman–Crippen LogP) is 3.93. The van der Waals surface area contributed by atoms with Gasteiger partial charge in [-0.2, -0.15) is 0 Å². The number of nitrogens with zero attached hydrogens (tertiary/aromatic N) is 2. The number of aryl methyl sites for hydroxylation is 1. The summed E-state index contributed by atoms with van der Waals surface area (Å²) in [6.45, 7) is 2.06. The van der Waals surface area contributed by atoms with Gasteiger partial charge in [-0.05, 0) is 46.7 Å². The molecule has 1 heterocycles. The number of anilines is 1. The third-order valence-electron chi connectivity index (χ3n) is 3.50. The molecule has 1 fully saturated rings. The molecule has 3 rings (SSSR count). The molecule has 3 nitrogen and oxygen atoms in total. The maximum atomic E-state index is 5.92. The number of hydrogen-bond acceptors (Lipinski definition) is 3. The SMILES string of the molecule is CCc1nc(-c2ccc(C3CC3)cc2)nc(N)c1Br. The summed E-state index contributed by atoms with van der Waals surface area (Å²) >= 11 is 3.44. The lowest BCUT2D eigenvalue weighted by Crippen LogP contribution is -2.02. The molecule has 1 aromatic heterocycles. The molecular formula is C15H16BrN3. The van der Waals surface area contributed by atoms with Crippen LogP contribution >= 0.6 is 15.9 Å². The average molecular weight is 318 g/mol. The van der Waals surface area contributed by atoms with Crippen molar-refractivity contribution >= 4 is 21.7 Å². The molecule has 0 saturated heterocycles. The minimum Gasteiger partial charge on any atom is -0.383 e. The monoisotopic (exact) mass is 317 g/mol. The molecule has 0 aliphatic heterocycles. The van der Waals surface area contributed by atoms with Gasteiger partial charge in [-0.25, -0.2) is 9.97 Å². The number of nitrogens with two attached hydrogens (primary N) is 1. The summed E-state index contributed by atoms with van der Waals surface area (Å²) in [6, 6.07) is 8.55. The Morgan fingerprint density at radius 3 is 2.47 bits per heavy atom. The molecule has 1 saturated carbocycles. The third-order valence-corrected chi connectivity index (χ3v) is 4.36. The zero-order valence-electron chi connectivity index (χ0n) is 10.9. The number of rotatable bonds is 3. The van der Waals surface area contributed by atoms with Crippen LogP contribution in [0.5, 0.6) is 0 Å². The van der Waals surface area contributed by atoms with Crippen LogP contribution in [-0.2, 0) is 6.42 Å². The van der Waals surface area contributed by atoms with Gasteiger partial charge >= 0.3 is 0 Å². The quantitative estimate of drug-likeness (QED) is 0.933. The molecule has 1 aromatic carbocycles. The van der Waals surface area contributed by atoms with E-state index >= 15 is 0 Å². The Kier molecular flexibility index (Phi) is 3.27. The highest BCUT2D eigenvalue weighted by molar-refractivity contribution is 9.10. The van der Waals surface area contributed by atoms with E-state index in [1.54, 1.807) is 0 Å². The molecule has 0 bridgehead atoms. The van der Waals surface area contributed by atoms with Gasteiger partial charge in [-0.15, -0.1) is 0 Å². The Hall–Kier alpha value is -1.42. The lowest BCUT2D eigenvalue weighted by molar-refractivity contribution is 0.995. The van der Waals surface area contributed by atoms with Crippen molar-refractivity contribution < 1.29 is 0 Å². The summed E-state index contributed by atoms with van der Waals surface area (Å²) in [5.41, 5.74) is 9.32. The lowest BCUT2D eigenvalue weighted by Gasteiger charge is -2.08. The van der Waals surface area contributed by atoms with Crippen LogP contribution in [0.3, 0.4) is 0 Å². The van der Waals surface area contributed by atoms with Crippen LogP contribution in [0.4, 0.5) is 5.82 Å². The van der Waals surface area contributed by atoms with Crippen LogP contribution < -0.4 is 5.73 Å². The van der Waals surface area contributed by atoms with E-state index in [4.69, 9.17) is 5.73 Å². The van der Waals surface area contributed by atoms with Crippen LogP contribution in [0.2, 0.25) is 0 Å². The van der Waals surface area contributed by atoms with Gasteiger partial charge in [0.2, 0.25) is 0 Å². The van der Waals surface area contributed by atoms with Crippen LogP contribution in [0.1, 0.15) is 36.9 Å². The molecule has 0 spiro atoms. The summed E-state index contributed by atoms with van der Waals surface area (Å²) in [5, 5.41) is 0. The molecule has 4 heteroatoms. The molecule has 2 N–H and O–H groups in total. The van der Waals surface area contributed by atoms with Gasteiger partial charge in [-0.1, -0.05) is 31.2 Å². The van der Waals surface area contributed by atoms with Crippen molar-refractivity contribution in [3.05, 3.63) is 40.0 Å². The van der Waals surface area contributed by atoms with Crippen molar-refractivity contribution in [3.8, 4) is 11.4 Å². The molecule has 0 unspecified atom stereocenters. The maximum absolute atomic E-state index is 5.92. The summed E-state index contributed by atoms with van der Waals surface area (Å²) in [4.78, 5) is 8.94. The largest absolute Gasteiger partial charge is 0.383 e. The summed E-state index contributed by atoms with van der Waals surface area (Å²) in [7, 11) is 0. The minimum absolute atomic E-state index is 0.508. The van der Waals surface area contributed by atoms with Gasteiger partial charge in [0.15, 0.2) is 5.82 Å². The Labute approximate surface area is 121 Å². The van der Waals surface area contributed by atoms with Crippen molar-refractivity contribution in [3.63, 3.8) is 0 Å². The molecule has 98 valence electrons. The fourth-order valence-electron chi connectivity index (χ4n) is 2.20. The second-order valence-corrected chi connectivity index (χ2v) is 5.74. The lowest BCUT2D eigenvalue weighted by atomic mass is 10.1. The van der Waals surface area contributed by atoms with Gasteiger partial charge in [0, 0.05) is 5.56 Å². The Morgan fingerprint density at radius 2 is 1.89 bits per heavy atom. The summed E-state index contributed by atoms with van der Waals surface area (Å²) in [6.07, 6.45) is 3.47. The molecule has 0 amide bonds. The van der Waals surface area contributed by atoms with E-state index in [2.05, 4.69) is 57.1 Å². The van der Waals surface area contributed by atoms with Gasteiger partial charge < -0.3 is 5.73 Å². The normalized spacial score (nSPS) is 14.6. The van der Waals surface area contributed by atoms with E-state index in [0.717, 1.165) is 28.1 Å². The second-order valence-electron chi connectivity index (χ2n) is 4.94. The van der Waals surface area contributed by atoms with Crippen molar-refractivity contribution in [2.45, 2.75) is 32.1 Å². The van der Waals surface area contributed by atoms with E-state index < -0.39 is 0 Å². The highest BCUT2D eigenvalue weighted by Gasteiger charge is 2.23. The standard InChI is InChI=1S/C15H16BrN3/c1-2-12-13(16)14(17)19-15(18-12)11-7-5-10(6-8-11)9-3-4-9/h5-9H,2-4H2,1H3,(H2,17,18,19). The Morgan fingerprint density at radius 1 is 1.21 bits per heavy atom. The number of benzene rings is 1. The average Bonchev–Trinajstić information content (AvgIpc) is 3.26. The number of nitrogen functional groups attached to an aromatic ring is 1. The molecule has 2 aromatic rings. The van der Waals surface area contributed by atoms with E-state index in [9.17, 15) is 0 Å². The molecule has 0 radical (unpaired) electrons. The van der Waals surface area contributed by atoms with Gasteiger partial charge in [0.1, 0.15) is 5.82 Å². The fourth-order valence-corrected chi connectivity index (χ4v) is 2.65. The fraction of sp³-hybridized carbons (Fsp3) is 0.333. The highest BCUT2D eigenvalue weighted by Crippen LogP contribution is 2.40. The van der Waals surface area contributed by atoms with Gasteiger partial charge in [0.05, 0.1) is 10.2 Å². The van der Waals surface area contributed by atoms with Crippen LogP contribution in [-0.4, -0.2) is 9.97 Å². The van der Waals surface area contributed by atoms with Gasteiger partial charge in [0.25, 0.3) is 0 Å². The van der Waals surface area contributed by atoms with E-state index in [1.807, 2.05) is 0 Å². The molecule has 1 aliphatic rings. The van der Waals surface area contributed by atoms with Crippen molar-refractivity contribution in [1.82, 2.24) is 9.97 Å². The molecule has 0 atom stereocenters. The van der Waals surface area contributed by atoms with Gasteiger partial charge in [-0.3, -0.25) is 0 Å². The van der Waals surface area contributed by atoms with Crippen molar-refractivity contribution in [2.75, 3.05) is 5.73 Å². The topological polar surface area (TPSA) is 51.8 Å². The van der Waals surface area contributed by atoms with E-state index in [0.29, 0.717) is 11.6 Å². The zero-order valence-corrected chi connectivity index (χ0v) is 12.4. The highest BCUT2D eigenvalue weighted by atomic mass is 79.9. The minimum atomic E-state index is 0.508. The first-order valence-corrected chi connectivity index (χ1v) is 7.40. The zero-order chi connectivity index (χ0) is 13.4. The van der Waals surface area contributed by atoms with Crippen LogP contribution in [0.15, 0.2) is 28.7 Å². The van der Waals surface area contributed by atoms with E-state index in [1.165, 1.54) is 18.4 Å². The summed E-state index contributed by atoms with van der Waals surface area (Å²) < 4.78 is 0.813.